The van der Waals surface area contributed by atoms with Gasteiger partial charge < -0.3 is 0 Å². The Morgan fingerprint density at radius 3 is 2.53 bits per heavy atom. The average molecular weight is 279 g/mol. The molecule has 3 N–H and O–H groups in total. The first-order valence-corrected chi connectivity index (χ1v) is 6.74. The molecular formula is C12H17N5OS. The van der Waals surface area contributed by atoms with Crippen molar-refractivity contribution in [3.05, 3.63) is 27.5 Å². The van der Waals surface area contributed by atoms with E-state index in [0.717, 1.165) is 27.8 Å². The zero-order valence-electron chi connectivity index (χ0n) is 11.4. The molecule has 0 spiro atoms. The molecule has 0 bridgehead atoms. The van der Waals surface area contributed by atoms with Crippen LogP contribution in [0.25, 0.3) is 5.13 Å². The van der Waals surface area contributed by atoms with Crippen LogP contribution in [-0.4, -0.2) is 20.7 Å². The van der Waals surface area contributed by atoms with Crippen molar-refractivity contribution in [1.29, 1.82) is 0 Å². The predicted octanol–water partition coefficient (Wildman–Crippen LogP) is 1.09. The van der Waals surface area contributed by atoms with Crippen molar-refractivity contribution < 1.29 is 4.79 Å². The highest BCUT2D eigenvalue weighted by Crippen LogP contribution is 2.24. The molecule has 0 aliphatic rings. The summed E-state index contributed by atoms with van der Waals surface area (Å²) in [7, 11) is 0. The summed E-state index contributed by atoms with van der Waals surface area (Å²) in [5.41, 5.74) is 5.80. The fourth-order valence-corrected chi connectivity index (χ4v) is 2.79. The minimum Gasteiger partial charge on any atom is -0.294 e. The molecule has 2 rings (SSSR count). The van der Waals surface area contributed by atoms with E-state index in [-0.39, 0.29) is 12.3 Å². The molecule has 2 heterocycles. The van der Waals surface area contributed by atoms with E-state index in [1.807, 2.05) is 27.7 Å². The van der Waals surface area contributed by atoms with Gasteiger partial charge in [-0.15, -0.1) is 0 Å². The van der Waals surface area contributed by atoms with Crippen LogP contribution in [0.3, 0.4) is 0 Å². The summed E-state index contributed by atoms with van der Waals surface area (Å²) in [6, 6.07) is 0. The van der Waals surface area contributed by atoms with E-state index in [4.69, 9.17) is 5.84 Å². The Morgan fingerprint density at radius 1 is 1.32 bits per heavy atom. The Hall–Kier alpha value is -1.73. The molecule has 1 amide bonds. The lowest BCUT2D eigenvalue weighted by Gasteiger charge is -2.01. The Labute approximate surface area is 115 Å². The molecule has 0 atom stereocenters. The molecule has 2 aromatic rings. The molecule has 0 radical (unpaired) electrons. The number of hydrazine groups is 1. The summed E-state index contributed by atoms with van der Waals surface area (Å²) in [5, 5.41) is 5.29. The van der Waals surface area contributed by atoms with Gasteiger partial charge in [0.1, 0.15) is 0 Å². The predicted molar refractivity (Wildman–Crippen MR) is 74.2 cm³/mol. The summed E-state index contributed by atoms with van der Waals surface area (Å²) in [4.78, 5) is 17.1. The van der Waals surface area contributed by atoms with Gasteiger partial charge in [-0.3, -0.25) is 10.2 Å². The van der Waals surface area contributed by atoms with Crippen molar-refractivity contribution in [3.8, 4) is 5.13 Å². The second-order valence-electron chi connectivity index (χ2n) is 4.44. The van der Waals surface area contributed by atoms with Gasteiger partial charge in [0.15, 0.2) is 0 Å². The normalized spacial score (nSPS) is 10.8. The molecule has 0 aliphatic carbocycles. The van der Waals surface area contributed by atoms with E-state index in [9.17, 15) is 4.79 Å². The van der Waals surface area contributed by atoms with Crippen LogP contribution in [-0.2, 0) is 11.2 Å². The molecule has 6 nitrogen and oxygen atoms in total. The first-order valence-electron chi connectivity index (χ1n) is 5.93. The van der Waals surface area contributed by atoms with Gasteiger partial charge in [-0.2, -0.15) is 5.10 Å². The number of nitrogens with two attached hydrogens (primary N) is 1. The Kier molecular flexibility index (Phi) is 3.68. The van der Waals surface area contributed by atoms with Crippen molar-refractivity contribution in [3.63, 3.8) is 0 Å². The molecule has 102 valence electrons. The number of rotatable bonds is 3. The number of carbonyl (C=O) groups excluding carboxylic acids is 1. The first kappa shape index (κ1) is 13.7. The minimum atomic E-state index is -0.225. The van der Waals surface area contributed by atoms with E-state index < -0.39 is 0 Å². The molecular weight excluding hydrogens is 262 g/mol. The summed E-state index contributed by atoms with van der Waals surface area (Å²) in [5.74, 6) is 4.90. The van der Waals surface area contributed by atoms with Crippen LogP contribution in [0, 0.1) is 27.7 Å². The van der Waals surface area contributed by atoms with Gasteiger partial charge in [0.25, 0.3) is 0 Å². The average Bonchev–Trinajstić information content (AvgIpc) is 2.83. The van der Waals surface area contributed by atoms with Gasteiger partial charge in [-0.1, -0.05) is 11.3 Å². The van der Waals surface area contributed by atoms with Gasteiger partial charge in [0.05, 0.1) is 17.8 Å². The summed E-state index contributed by atoms with van der Waals surface area (Å²) >= 11 is 1.59. The van der Waals surface area contributed by atoms with Crippen LogP contribution in [0.1, 0.15) is 27.5 Å². The summed E-state index contributed by atoms with van der Waals surface area (Å²) in [6.45, 7) is 7.83. The van der Waals surface area contributed by atoms with Crippen molar-refractivity contribution >= 4 is 17.2 Å². The SMILES string of the molecule is Cc1nc(-n2nc(C)c(CC(=O)NN)c2C)sc1C. The Morgan fingerprint density at radius 2 is 2.00 bits per heavy atom. The number of carbonyl (C=O) groups is 1. The molecule has 0 aromatic carbocycles. The monoisotopic (exact) mass is 279 g/mol. The summed E-state index contributed by atoms with van der Waals surface area (Å²) in [6.07, 6.45) is 0.234. The van der Waals surface area contributed by atoms with Gasteiger partial charge >= 0.3 is 0 Å². The van der Waals surface area contributed by atoms with Crippen LogP contribution in [0.5, 0.6) is 0 Å². The van der Waals surface area contributed by atoms with Gasteiger partial charge in [0.2, 0.25) is 11.0 Å². The van der Waals surface area contributed by atoms with Crippen LogP contribution in [0.4, 0.5) is 0 Å². The number of amides is 1. The Balaban J connectivity index is 2.43. The van der Waals surface area contributed by atoms with Crippen molar-refractivity contribution in [2.24, 2.45) is 5.84 Å². The van der Waals surface area contributed by atoms with Gasteiger partial charge in [-0.05, 0) is 27.7 Å². The van der Waals surface area contributed by atoms with Crippen molar-refractivity contribution in [2.45, 2.75) is 34.1 Å². The van der Waals surface area contributed by atoms with Gasteiger partial charge in [0, 0.05) is 16.1 Å². The highest BCUT2D eigenvalue weighted by Gasteiger charge is 2.17. The maximum atomic E-state index is 11.4. The number of thiazole rings is 1. The van der Waals surface area contributed by atoms with E-state index in [1.54, 1.807) is 16.0 Å². The quantitative estimate of drug-likeness (QED) is 0.500. The third-order valence-electron chi connectivity index (χ3n) is 3.14. The van der Waals surface area contributed by atoms with Crippen LogP contribution >= 0.6 is 11.3 Å². The lowest BCUT2D eigenvalue weighted by molar-refractivity contribution is -0.120. The van der Waals surface area contributed by atoms with Crippen LogP contribution < -0.4 is 11.3 Å². The number of aromatic nitrogens is 3. The number of nitrogens with zero attached hydrogens (tertiary/aromatic N) is 3. The van der Waals surface area contributed by atoms with E-state index in [1.165, 1.54) is 4.88 Å². The number of nitrogens with one attached hydrogen (secondary N) is 1. The zero-order chi connectivity index (χ0) is 14.2. The topological polar surface area (TPSA) is 85.8 Å². The molecule has 0 fully saturated rings. The molecule has 0 unspecified atom stereocenters. The minimum absolute atomic E-state index is 0.225. The number of aryl methyl sites for hydroxylation is 3. The third-order valence-corrected chi connectivity index (χ3v) is 4.19. The first-order chi connectivity index (χ1) is 8.93. The number of hydrogen-bond acceptors (Lipinski definition) is 5. The molecule has 7 heteroatoms. The molecule has 2 aromatic heterocycles. The third kappa shape index (κ3) is 2.52. The van der Waals surface area contributed by atoms with E-state index >= 15 is 0 Å². The smallest absolute Gasteiger partial charge is 0.238 e. The van der Waals surface area contributed by atoms with Crippen molar-refractivity contribution in [2.75, 3.05) is 0 Å². The zero-order valence-corrected chi connectivity index (χ0v) is 12.3. The van der Waals surface area contributed by atoms with E-state index in [2.05, 4.69) is 15.5 Å². The molecule has 0 saturated heterocycles. The number of hydrogen-bond donors (Lipinski definition) is 2. The Bertz CT molecular complexity index is 609. The second-order valence-corrected chi connectivity index (χ2v) is 5.63. The lowest BCUT2D eigenvalue weighted by Crippen LogP contribution is -2.31. The van der Waals surface area contributed by atoms with Crippen LogP contribution in [0.15, 0.2) is 0 Å². The van der Waals surface area contributed by atoms with Crippen molar-refractivity contribution in [1.82, 2.24) is 20.2 Å². The maximum Gasteiger partial charge on any atom is 0.238 e. The maximum absolute atomic E-state index is 11.4. The second kappa shape index (κ2) is 5.10. The standard InChI is InChI=1S/C12H17N5OS/c1-6-9(4)19-12(14-6)17-8(3)10(7(2)16-17)5-11(18)15-13/h5,13H2,1-4H3,(H,15,18). The highest BCUT2D eigenvalue weighted by atomic mass is 32.1. The van der Waals surface area contributed by atoms with Crippen LogP contribution in [0.2, 0.25) is 0 Å². The fraction of sp³-hybridized carbons (Fsp3) is 0.417. The molecule has 0 aliphatic heterocycles. The largest absolute Gasteiger partial charge is 0.294 e. The van der Waals surface area contributed by atoms with E-state index in [0.29, 0.717) is 0 Å². The fourth-order valence-electron chi connectivity index (χ4n) is 1.88. The summed E-state index contributed by atoms with van der Waals surface area (Å²) < 4.78 is 1.79. The highest BCUT2D eigenvalue weighted by molar-refractivity contribution is 7.14. The molecule has 19 heavy (non-hydrogen) atoms. The lowest BCUT2D eigenvalue weighted by atomic mass is 10.1. The van der Waals surface area contributed by atoms with Gasteiger partial charge in [-0.25, -0.2) is 15.5 Å². The molecule has 0 saturated carbocycles.